The summed E-state index contributed by atoms with van der Waals surface area (Å²) in [7, 11) is 0. The molecule has 0 aliphatic rings. The molecule has 3 aromatic carbocycles. The number of ether oxygens (including phenoxy) is 1. The topological polar surface area (TPSA) is 68.5 Å². The van der Waals surface area contributed by atoms with Gasteiger partial charge in [-0.2, -0.15) is 0 Å². The fourth-order valence-electron chi connectivity index (χ4n) is 3.22. The fraction of sp³-hybridized carbons (Fsp3) is 0.0909. The quantitative estimate of drug-likeness (QED) is 0.588. The maximum Gasteiger partial charge on any atom is 0.323 e. The average Bonchev–Trinajstić information content (AvgIpc) is 2.68. The van der Waals surface area contributed by atoms with Crippen molar-refractivity contribution in [1.82, 2.24) is 4.57 Å². The van der Waals surface area contributed by atoms with Gasteiger partial charge in [-0.25, -0.2) is 0 Å². The Morgan fingerprint density at radius 3 is 2.44 bits per heavy atom. The highest BCUT2D eigenvalue weighted by atomic mass is 16.5. The van der Waals surface area contributed by atoms with Gasteiger partial charge in [-0.3, -0.25) is 14.2 Å². The Hall–Kier alpha value is -3.60. The molecule has 0 saturated heterocycles. The Morgan fingerprint density at radius 1 is 0.889 bits per heavy atom. The molecule has 5 heteroatoms. The van der Waals surface area contributed by atoms with Crippen molar-refractivity contribution in [3.05, 3.63) is 88.7 Å². The summed E-state index contributed by atoms with van der Waals surface area (Å²) in [6.45, 7) is -0.0906. The zero-order valence-corrected chi connectivity index (χ0v) is 14.5. The second-order valence-corrected chi connectivity index (χ2v) is 6.32. The zero-order valence-electron chi connectivity index (χ0n) is 14.5. The minimum Gasteiger partial charge on any atom is -0.487 e. The van der Waals surface area contributed by atoms with Crippen molar-refractivity contribution in [3.8, 4) is 5.75 Å². The van der Waals surface area contributed by atoms with Crippen LogP contribution < -0.4 is 10.3 Å². The summed E-state index contributed by atoms with van der Waals surface area (Å²) in [5.74, 6) is -0.589. The van der Waals surface area contributed by atoms with Crippen molar-refractivity contribution < 1.29 is 14.6 Å². The van der Waals surface area contributed by atoms with Crippen LogP contribution in [0, 0.1) is 0 Å². The number of carboxylic acids is 1. The molecule has 0 atom stereocenters. The highest BCUT2D eigenvalue weighted by molar-refractivity contribution is 5.86. The summed E-state index contributed by atoms with van der Waals surface area (Å²) in [6, 6.07) is 22.6. The van der Waals surface area contributed by atoms with Gasteiger partial charge in [-0.1, -0.05) is 48.5 Å². The first-order chi connectivity index (χ1) is 13.1. The van der Waals surface area contributed by atoms with Gasteiger partial charge in [0.1, 0.15) is 18.9 Å². The van der Waals surface area contributed by atoms with Crippen molar-refractivity contribution in [2.75, 3.05) is 0 Å². The van der Waals surface area contributed by atoms with Crippen molar-refractivity contribution in [1.29, 1.82) is 0 Å². The Bertz CT molecular complexity index is 1210. The van der Waals surface area contributed by atoms with Crippen LogP contribution in [0.2, 0.25) is 0 Å². The first-order valence-corrected chi connectivity index (χ1v) is 8.57. The average molecular weight is 359 g/mol. The number of aromatic nitrogens is 1. The van der Waals surface area contributed by atoms with Crippen LogP contribution in [0.5, 0.6) is 5.75 Å². The van der Waals surface area contributed by atoms with E-state index in [1.54, 1.807) is 12.1 Å². The van der Waals surface area contributed by atoms with Crippen molar-refractivity contribution in [3.63, 3.8) is 0 Å². The molecule has 1 heterocycles. The SMILES string of the molecule is O=C(O)Cn1c(=O)ccc2cccc(OCc3ccc4ccccc4c3)c21. The molecular weight excluding hydrogens is 342 g/mol. The molecule has 0 bridgehead atoms. The van der Waals surface area contributed by atoms with Crippen molar-refractivity contribution in [2.45, 2.75) is 13.2 Å². The summed E-state index contributed by atoms with van der Waals surface area (Å²) in [4.78, 5) is 23.4. The Kier molecular flexibility index (Phi) is 4.34. The van der Waals surface area contributed by atoms with Crippen molar-refractivity contribution >= 4 is 27.6 Å². The van der Waals surface area contributed by atoms with Gasteiger partial charge in [0.05, 0.1) is 5.52 Å². The number of carboxylic acid groups (broad SMARTS) is 1. The van der Waals surface area contributed by atoms with Gasteiger partial charge in [0.25, 0.3) is 5.56 Å². The third-order valence-electron chi connectivity index (χ3n) is 4.47. The molecule has 4 rings (SSSR count). The lowest BCUT2D eigenvalue weighted by Gasteiger charge is -2.14. The monoisotopic (exact) mass is 359 g/mol. The molecular formula is C22H17NO4. The van der Waals surface area contributed by atoms with Gasteiger partial charge in [0.15, 0.2) is 0 Å². The van der Waals surface area contributed by atoms with Crippen LogP contribution in [0.15, 0.2) is 77.6 Å². The number of aliphatic carboxylic acids is 1. The first kappa shape index (κ1) is 16.8. The third kappa shape index (κ3) is 3.40. The molecule has 0 radical (unpaired) electrons. The molecule has 0 spiro atoms. The van der Waals surface area contributed by atoms with Crippen LogP contribution in [0.4, 0.5) is 0 Å². The largest absolute Gasteiger partial charge is 0.487 e. The minimum atomic E-state index is -1.08. The number of para-hydroxylation sites is 1. The molecule has 0 saturated carbocycles. The normalized spacial score (nSPS) is 11.0. The molecule has 0 amide bonds. The van der Waals surface area contributed by atoms with Gasteiger partial charge in [0.2, 0.25) is 0 Å². The Labute approximate surface area is 155 Å². The number of benzene rings is 3. The van der Waals surface area contributed by atoms with Crippen molar-refractivity contribution in [2.24, 2.45) is 0 Å². The van der Waals surface area contributed by atoms with E-state index in [4.69, 9.17) is 9.84 Å². The van der Waals surface area contributed by atoms with Crippen LogP contribution >= 0.6 is 0 Å². The lowest BCUT2D eigenvalue weighted by atomic mass is 10.1. The summed E-state index contributed by atoms with van der Waals surface area (Å²) >= 11 is 0. The van der Waals surface area contributed by atoms with Crippen LogP contribution in [0.25, 0.3) is 21.7 Å². The molecule has 5 nitrogen and oxygen atoms in total. The number of carbonyl (C=O) groups is 1. The zero-order chi connectivity index (χ0) is 18.8. The fourth-order valence-corrected chi connectivity index (χ4v) is 3.22. The lowest BCUT2D eigenvalue weighted by Crippen LogP contribution is -2.23. The van der Waals surface area contributed by atoms with Gasteiger partial charge in [-0.05, 0) is 34.5 Å². The van der Waals surface area contributed by atoms with E-state index in [2.05, 4.69) is 12.1 Å². The van der Waals surface area contributed by atoms with Crippen LogP contribution in [0.3, 0.4) is 0 Å². The number of hydrogen-bond acceptors (Lipinski definition) is 3. The third-order valence-corrected chi connectivity index (χ3v) is 4.47. The predicted molar refractivity (Wildman–Crippen MR) is 104 cm³/mol. The summed E-state index contributed by atoms with van der Waals surface area (Å²) < 4.78 is 7.21. The molecule has 134 valence electrons. The molecule has 4 aromatic rings. The molecule has 0 aliphatic heterocycles. The molecule has 1 N–H and O–H groups in total. The second-order valence-electron chi connectivity index (χ2n) is 6.32. The summed E-state index contributed by atoms with van der Waals surface area (Å²) in [5.41, 5.74) is 1.12. The highest BCUT2D eigenvalue weighted by Gasteiger charge is 2.12. The van der Waals surface area contributed by atoms with E-state index in [-0.39, 0.29) is 5.56 Å². The van der Waals surface area contributed by atoms with E-state index >= 15 is 0 Å². The number of hydrogen-bond donors (Lipinski definition) is 1. The maximum atomic E-state index is 12.2. The first-order valence-electron chi connectivity index (χ1n) is 8.57. The summed E-state index contributed by atoms with van der Waals surface area (Å²) in [5, 5.41) is 12.2. The van der Waals surface area contributed by atoms with E-state index in [1.165, 1.54) is 10.6 Å². The standard InChI is InChI=1S/C22H17NO4/c24-20-11-10-17-6-3-7-19(22(17)23(20)13-21(25)26)27-14-15-8-9-16-4-1-2-5-18(16)12-15/h1-12H,13-14H2,(H,25,26). The minimum absolute atomic E-state index is 0.320. The number of pyridine rings is 1. The molecule has 27 heavy (non-hydrogen) atoms. The Balaban J connectivity index is 1.71. The van der Waals surface area contributed by atoms with Crippen LogP contribution in [-0.2, 0) is 17.9 Å². The van der Waals surface area contributed by atoms with E-state index in [1.807, 2.05) is 42.5 Å². The number of nitrogens with zero attached hydrogens (tertiary/aromatic N) is 1. The maximum absolute atomic E-state index is 12.2. The molecule has 0 unspecified atom stereocenters. The molecule has 1 aromatic heterocycles. The summed E-state index contributed by atoms with van der Waals surface area (Å²) in [6.07, 6.45) is 0. The number of rotatable bonds is 5. The van der Waals surface area contributed by atoms with Gasteiger partial charge in [0, 0.05) is 11.5 Å². The second kappa shape index (κ2) is 6.96. The van der Waals surface area contributed by atoms with E-state index in [0.717, 1.165) is 21.7 Å². The Morgan fingerprint density at radius 2 is 1.63 bits per heavy atom. The van der Waals surface area contributed by atoms with Crippen LogP contribution in [0.1, 0.15) is 5.56 Å². The van der Waals surface area contributed by atoms with Gasteiger partial charge < -0.3 is 9.84 Å². The van der Waals surface area contributed by atoms with Crippen LogP contribution in [-0.4, -0.2) is 15.6 Å². The predicted octanol–water partition coefficient (Wildman–Crippen LogP) is 3.82. The lowest BCUT2D eigenvalue weighted by molar-refractivity contribution is -0.137. The molecule has 0 aliphatic carbocycles. The van der Waals surface area contributed by atoms with E-state index in [0.29, 0.717) is 17.9 Å². The molecule has 0 fully saturated rings. The van der Waals surface area contributed by atoms with E-state index < -0.39 is 12.5 Å². The highest BCUT2D eigenvalue weighted by Crippen LogP contribution is 2.26. The van der Waals surface area contributed by atoms with Gasteiger partial charge >= 0.3 is 5.97 Å². The van der Waals surface area contributed by atoms with Gasteiger partial charge in [-0.15, -0.1) is 0 Å². The van der Waals surface area contributed by atoms with E-state index in [9.17, 15) is 9.59 Å². The smallest absolute Gasteiger partial charge is 0.323 e. The number of fused-ring (bicyclic) bond motifs is 2.